The SMILES string of the molecule is COc1cccc(N2CCN(CC(=O)Nc3sc4c(c3C(N)=O)CCCC4)CC2)c1. The van der Waals surface area contributed by atoms with E-state index < -0.39 is 5.91 Å². The third kappa shape index (κ3) is 4.44. The van der Waals surface area contributed by atoms with Crippen molar-refractivity contribution in [2.24, 2.45) is 5.73 Å². The van der Waals surface area contributed by atoms with E-state index in [4.69, 9.17) is 10.5 Å². The summed E-state index contributed by atoms with van der Waals surface area (Å²) in [6.07, 6.45) is 4.01. The molecule has 2 aromatic rings. The molecule has 4 rings (SSSR count). The molecule has 0 bridgehead atoms. The summed E-state index contributed by atoms with van der Waals surface area (Å²) in [4.78, 5) is 30.3. The van der Waals surface area contributed by atoms with Gasteiger partial charge in [0.2, 0.25) is 5.91 Å². The van der Waals surface area contributed by atoms with Crippen LogP contribution in [0.1, 0.15) is 33.6 Å². The number of piperazine rings is 1. The molecule has 1 fully saturated rings. The van der Waals surface area contributed by atoms with Crippen LogP contribution in [0.4, 0.5) is 10.7 Å². The Balaban J connectivity index is 1.34. The van der Waals surface area contributed by atoms with E-state index in [0.717, 1.165) is 68.9 Å². The molecular weight excluding hydrogens is 400 g/mol. The quantitative estimate of drug-likeness (QED) is 0.738. The smallest absolute Gasteiger partial charge is 0.251 e. The minimum Gasteiger partial charge on any atom is -0.497 e. The summed E-state index contributed by atoms with van der Waals surface area (Å²) in [6, 6.07) is 8.04. The van der Waals surface area contributed by atoms with Crippen molar-refractivity contribution in [3.63, 3.8) is 0 Å². The van der Waals surface area contributed by atoms with Gasteiger partial charge in [0.05, 0.1) is 19.2 Å². The molecule has 160 valence electrons. The molecule has 0 saturated carbocycles. The summed E-state index contributed by atoms with van der Waals surface area (Å²) in [5, 5.41) is 3.58. The largest absolute Gasteiger partial charge is 0.497 e. The predicted molar refractivity (Wildman–Crippen MR) is 120 cm³/mol. The van der Waals surface area contributed by atoms with Crippen LogP contribution in [0, 0.1) is 0 Å². The van der Waals surface area contributed by atoms with Crippen LogP contribution in [0.25, 0.3) is 0 Å². The molecule has 0 atom stereocenters. The highest BCUT2D eigenvalue weighted by atomic mass is 32.1. The fourth-order valence-electron chi connectivity index (χ4n) is 4.26. The maximum Gasteiger partial charge on any atom is 0.251 e. The van der Waals surface area contributed by atoms with Gasteiger partial charge in [-0.15, -0.1) is 11.3 Å². The molecule has 3 N–H and O–H groups in total. The van der Waals surface area contributed by atoms with Crippen molar-refractivity contribution >= 4 is 33.8 Å². The Morgan fingerprint density at radius 3 is 2.67 bits per heavy atom. The average molecular weight is 429 g/mol. The Labute approximate surface area is 180 Å². The van der Waals surface area contributed by atoms with Gasteiger partial charge in [0.15, 0.2) is 0 Å². The number of aryl methyl sites for hydroxylation is 1. The van der Waals surface area contributed by atoms with Gasteiger partial charge in [0.25, 0.3) is 5.91 Å². The fourth-order valence-corrected chi connectivity index (χ4v) is 5.57. The molecule has 1 saturated heterocycles. The predicted octanol–water partition coefficient (Wildman–Crippen LogP) is 2.50. The molecule has 1 aliphatic carbocycles. The minimum absolute atomic E-state index is 0.0917. The first-order valence-electron chi connectivity index (χ1n) is 10.4. The molecule has 0 radical (unpaired) electrons. The van der Waals surface area contributed by atoms with Crippen LogP contribution >= 0.6 is 11.3 Å². The van der Waals surface area contributed by atoms with Crippen LogP contribution in [-0.4, -0.2) is 56.5 Å². The average Bonchev–Trinajstić information content (AvgIpc) is 3.12. The van der Waals surface area contributed by atoms with Gasteiger partial charge in [0, 0.05) is 42.8 Å². The lowest BCUT2D eigenvalue weighted by molar-refractivity contribution is -0.117. The Bertz CT molecular complexity index is 934. The number of rotatable bonds is 6. The molecule has 7 nitrogen and oxygen atoms in total. The molecule has 0 unspecified atom stereocenters. The molecule has 2 amide bonds. The van der Waals surface area contributed by atoms with Crippen molar-refractivity contribution in [3.05, 3.63) is 40.3 Å². The second-order valence-corrected chi connectivity index (χ2v) is 8.90. The molecule has 1 aromatic heterocycles. The molecule has 2 aliphatic rings. The number of anilines is 2. The van der Waals surface area contributed by atoms with Crippen LogP contribution in [-0.2, 0) is 17.6 Å². The number of primary amides is 1. The van der Waals surface area contributed by atoms with E-state index in [9.17, 15) is 9.59 Å². The molecular formula is C22H28N4O3S. The van der Waals surface area contributed by atoms with E-state index in [1.54, 1.807) is 7.11 Å². The van der Waals surface area contributed by atoms with Crippen LogP contribution < -0.4 is 20.7 Å². The Hall–Kier alpha value is -2.58. The number of amides is 2. The van der Waals surface area contributed by atoms with E-state index >= 15 is 0 Å². The number of hydrogen-bond donors (Lipinski definition) is 2. The zero-order valence-corrected chi connectivity index (χ0v) is 18.1. The van der Waals surface area contributed by atoms with Gasteiger partial charge in [-0.3, -0.25) is 14.5 Å². The van der Waals surface area contributed by atoms with E-state index in [0.29, 0.717) is 17.1 Å². The number of thiophene rings is 1. The lowest BCUT2D eigenvalue weighted by Crippen LogP contribution is -2.48. The molecule has 1 aromatic carbocycles. The number of nitrogens with one attached hydrogen (secondary N) is 1. The van der Waals surface area contributed by atoms with Crippen molar-refractivity contribution < 1.29 is 14.3 Å². The highest BCUT2D eigenvalue weighted by Gasteiger charge is 2.26. The Kier molecular flexibility index (Phi) is 6.24. The summed E-state index contributed by atoms with van der Waals surface area (Å²) in [7, 11) is 1.67. The third-order valence-corrected chi connectivity index (χ3v) is 7.04. The molecule has 1 aliphatic heterocycles. The van der Waals surface area contributed by atoms with Gasteiger partial charge in [-0.25, -0.2) is 0 Å². The van der Waals surface area contributed by atoms with E-state index in [1.807, 2.05) is 18.2 Å². The number of nitrogens with zero attached hydrogens (tertiary/aromatic N) is 2. The summed E-state index contributed by atoms with van der Waals surface area (Å²) in [6.45, 7) is 3.61. The highest BCUT2D eigenvalue weighted by molar-refractivity contribution is 7.17. The lowest BCUT2D eigenvalue weighted by atomic mass is 9.95. The van der Waals surface area contributed by atoms with Crippen LogP contribution in [0.3, 0.4) is 0 Å². The van der Waals surface area contributed by atoms with Crippen LogP contribution in [0.15, 0.2) is 24.3 Å². The molecule has 30 heavy (non-hydrogen) atoms. The van der Waals surface area contributed by atoms with Crippen molar-refractivity contribution in [2.45, 2.75) is 25.7 Å². The second-order valence-electron chi connectivity index (χ2n) is 7.79. The summed E-state index contributed by atoms with van der Waals surface area (Å²) in [5.74, 6) is 0.306. The highest BCUT2D eigenvalue weighted by Crippen LogP contribution is 2.37. The monoisotopic (exact) mass is 428 g/mol. The normalized spacial score (nSPS) is 16.8. The molecule has 8 heteroatoms. The summed E-state index contributed by atoms with van der Waals surface area (Å²) in [5.41, 5.74) is 8.32. The van der Waals surface area contributed by atoms with Crippen LogP contribution in [0.5, 0.6) is 5.75 Å². The maximum absolute atomic E-state index is 12.7. The molecule has 2 heterocycles. The second kappa shape index (κ2) is 9.06. The number of carbonyl (C=O) groups excluding carboxylic acids is 2. The number of fused-ring (bicyclic) bond motifs is 1. The lowest BCUT2D eigenvalue weighted by Gasteiger charge is -2.35. The van der Waals surface area contributed by atoms with Gasteiger partial charge >= 0.3 is 0 Å². The van der Waals surface area contributed by atoms with E-state index in [1.165, 1.54) is 16.2 Å². The Morgan fingerprint density at radius 2 is 1.93 bits per heavy atom. The van der Waals surface area contributed by atoms with Crippen molar-refractivity contribution in [1.82, 2.24) is 4.90 Å². The number of methoxy groups -OCH3 is 1. The fraction of sp³-hybridized carbons (Fsp3) is 0.455. The standard InChI is InChI=1S/C22H28N4O3S/c1-29-16-6-4-5-15(13-16)26-11-9-25(10-12-26)14-19(27)24-22-20(21(23)28)17-7-2-3-8-18(17)30-22/h4-6,13H,2-3,7-12,14H2,1H3,(H2,23,28)(H,24,27). The van der Waals surface area contributed by atoms with E-state index in [-0.39, 0.29) is 5.91 Å². The number of benzene rings is 1. The topological polar surface area (TPSA) is 87.9 Å². The van der Waals surface area contributed by atoms with Gasteiger partial charge in [0.1, 0.15) is 10.8 Å². The maximum atomic E-state index is 12.7. The summed E-state index contributed by atoms with van der Waals surface area (Å²) < 4.78 is 5.31. The van der Waals surface area contributed by atoms with Crippen LogP contribution in [0.2, 0.25) is 0 Å². The van der Waals surface area contributed by atoms with Crippen molar-refractivity contribution in [3.8, 4) is 5.75 Å². The van der Waals surface area contributed by atoms with E-state index in [2.05, 4.69) is 21.2 Å². The number of nitrogens with two attached hydrogens (primary N) is 1. The number of hydrogen-bond acceptors (Lipinski definition) is 6. The van der Waals surface area contributed by atoms with Gasteiger partial charge in [-0.05, 0) is 43.4 Å². The minimum atomic E-state index is -0.448. The summed E-state index contributed by atoms with van der Waals surface area (Å²) >= 11 is 1.51. The number of carbonyl (C=O) groups is 2. The van der Waals surface area contributed by atoms with Crippen molar-refractivity contribution in [2.75, 3.05) is 50.1 Å². The third-order valence-electron chi connectivity index (χ3n) is 5.83. The Morgan fingerprint density at radius 1 is 1.17 bits per heavy atom. The molecule has 0 spiro atoms. The first kappa shape index (κ1) is 20.7. The van der Waals surface area contributed by atoms with Gasteiger partial charge < -0.3 is 20.7 Å². The van der Waals surface area contributed by atoms with Gasteiger partial charge in [-0.1, -0.05) is 6.07 Å². The number of ether oxygens (including phenoxy) is 1. The zero-order valence-electron chi connectivity index (χ0n) is 17.3. The van der Waals surface area contributed by atoms with Gasteiger partial charge in [-0.2, -0.15) is 0 Å². The zero-order chi connectivity index (χ0) is 21.1. The van der Waals surface area contributed by atoms with Crippen molar-refractivity contribution in [1.29, 1.82) is 0 Å². The first-order valence-corrected chi connectivity index (χ1v) is 11.2. The first-order chi connectivity index (χ1) is 14.5.